The molecule has 6 nitrogen and oxygen atoms in total. The van der Waals surface area contributed by atoms with Gasteiger partial charge >= 0.3 is 0 Å². The van der Waals surface area contributed by atoms with E-state index in [0.29, 0.717) is 30.8 Å². The SMILES string of the molecule is CC1CN(C(=O)c2ccccc2)CCN1C(=O)C(=O)c1ccc2scnc2c1. The van der Waals surface area contributed by atoms with Crippen LogP contribution in [-0.4, -0.2) is 58.1 Å². The second kappa shape index (κ2) is 7.52. The number of carbonyl (C=O) groups is 3. The van der Waals surface area contributed by atoms with Crippen LogP contribution in [-0.2, 0) is 4.79 Å². The molecule has 1 aromatic heterocycles. The topological polar surface area (TPSA) is 70.6 Å². The summed E-state index contributed by atoms with van der Waals surface area (Å²) < 4.78 is 0.977. The van der Waals surface area contributed by atoms with Crippen molar-refractivity contribution in [2.45, 2.75) is 13.0 Å². The first-order valence-electron chi connectivity index (χ1n) is 9.07. The largest absolute Gasteiger partial charge is 0.335 e. The van der Waals surface area contributed by atoms with Gasteiger partial charge in [0, 0.05) is 36.8 Å². The predicted octanol–water partition coefficient (Wildman–Crippen LogP) is 2.85. The van der Waals surface area contributed by atoms with Gasteiger partial charge in [0.25, 0.3) is 11.8 Å². The van der Waals surface area contributed by atoms with Gasteiger partial charge in [0.05, 0.1) is 15.7 Å². The third-order valence-corrected chi connectivity index (χ3v) is 5.79. The molecular weight excluding hydrogens is 374 g/mol. The van der Waals surface area contributed by atoms with E-state index >= 15 is 0 Å². The van der Waals surface area contributed by atoms with Crippen LogP contribution in [0.3, 0.4) is 0 Å². The maximum Gasteiger partial charge on any atom is 0.295 e. The molecule has 0 aliphatic carbocycles. The minimum atomic E-state index is -0.537. The third-order valence-electron chi connectivity index (χ3n) is 4.98. The van der Waals surface area contributed by atoms with Crippen molar-refractivity contribution in [3.05, 3.63) is 65.2 Å². The summed E-state index contributed by atoms with van der Waals surface area (Å²) >= 11 is 1.49. The molecule has 1 atom stereocenters. The maximum absolute atomic E-state index is 12.8. The Balaban J connectivity index is 1.45. The average Bonchev–Trinajstić information content (AvgIpc) is 3.20. The van der Waals surface area contributed by atoms with Gasteiger partial charge in [-0.15, -0.1) is 11.3 Å². The van der Waals surface area contributed by atoms with Crippen molar-refractivity contribution in [1.29, 1.82) is 0 Å². The Morgan fingerprint density at radius 3 is 2.57 bits per heavy atom. The Morgan fingerprint density at radius 1 is 1.04 bits per heavy atom. The fourth-order valence-corrected chi connectivity index (χ4v) is 4.12. The molecular formula is C21H19N3O3S. The van der Waals surface area contributed by atoms with Crippen LogP contribution in [0.5, 0.6) is 0 Å². The van der Waals surface area contributed by atoms with E-state index in [1.807, 2.05) is 31.2 Å². The fraction of sp³-hybridized carbons (Fsp3) is 0.238. The lowest BCUT2D eigenvalue weighted by atomic mass is 10.1. The first-order chi connectivity index (χ1) is 13.5. The zero-order chi connectivity index (χ0) is 19.7. The molecule has 1 saturated heterocycles. The fourth-order valence-electron chi connectivity index (χ4n) is 3.46. The van der Waals surface area contributed by atoms with Gasteiger partial charge in [-0.2, -0.15) is 0 Å². The average molecular weight is 393 g/mol. The van der Waals surface area contributed by atoms with E-state index in [4.69, 9.17) is 0 Å². The summed E-state index contributed by atoms with van der Waals surface area (Å²) in [5, 5.41) is 0. The smallest absolute Gasteiger partial charge is 0.295 e. The number of piperazine rings is 1. The van der Waals surface area contributed by atoms with E-state index in [1.165, 1.54) is 11.3 Å². The van der Waals surface area contributed by atoms with E-state index in [9.17, 15) is 14.4 Å². The molecule has 0 spiro atoms. The van der Waals surface area contributed by atoms with Gasteiger partial charge in [0.2, 0.25) is 5.78 Å². The van der Waals surface area contributed by atoms with Crippen molar-refractivity contribution in [1.82, 2.24) is 14.8 Å². The Bertz CT molecular complexity index is 1050. The number of thiazole rings is 1. The summed E-state index contributed by atoms with van der Waals surface area (Å²) in [5.74, 6) is -1.13. The number of aromatic nitrogens is 1. The highest BCUT2D eigenvalue weighted by atomic mass is 32.1. The highest BCUT2D eigenvalue weighted by Gasteiger charge is 2.33. The second-order valence-electron chi connectivity index (χ2n) is 6.83. The summed E-state index contributed by atoms with van der Waals surface area (Å²) in [6.45, 7) is 3.00. The summed E-state index contributed by atoms with van der Waals surface area (Å²) in [6, 6.07) is 14.0. The molecule has 0 radical (unpaired) electrons. The van der Waals surface area contributed by atoms with Crippen LogP contribution < -0.4 is 0 Å². The van der Waals surface area contributed by atoms with Crippen molar-refractivity contribution < 1.29 is 14.4 Å². The van der Waals surface area contributed by atoms with Gasteiger partial charge in [-0.25, -0.2) is 4.98 Å². The molecule has 1 unspecified atom stereocenters. The number of carbonyl (C=O) groups excluding carboxylic acids is 3. The number of nitrogens with zero attached hydrogens (tertiary/aromatic N) is 3. The number of ketones is 1. The molecule has 3 aromatic rings. The third kappa shape index (κ3) is 3.41. The van der Waals surface area contributed by atoms with Gasteiger partial charge < -0.3 is 9.80 Å². The Morgan fingerprint density at radius 2 is 1.82 bits per heavy atom. The van der Waals surface area contributed by atoms with Crippen molar-refractivity contribution in [2.75, 3.05) is 19.6 Å². The molecule has 2 aromatic carbocycles. The minimum Gasteiger partial charge on any atom is -0.335 e. The van der Waals surface area contributed by atoms with E-state index in [1.54, 1.807) is 39.6 Å². The highest BCUT2D eigenvalue weighted by Crippen LogP contribution is 2.20. The Kier molecular flexibility index (Phi) is 4.92. The lowest BCUT2D eigenvalue weighted by Crippen LogP contribution is -2.56. The van der Waals surface area contributed by atoms with E-state index in [-0.39, 0.29) is 11.9 Å². The van der Waals surface area contributed by atoms with Crippen LogP contribution >= 0.6 is 11.3 Å². The van der Waals surface area contributed by atoms with Gasteiger partial charge in [-0.05, 0) is 37.3 Å². The molecule has 28 heavy (non-hydrogen) atoms. The molecule has 0 N–H and O–H groups in total. The summed E-state index contributed by atoms with van der Waals surface area (Å²) in [5.41, 5.74) is 3.40. The number of benzene rings is 2. The zero-order valence-electron chi connectivity index (χ0n) is 15.4. The number of fused-ring (bicyclic) bond motifs is 1. The maximum atomic E-state index is 12.8. The lowest BCUT2D eigenvalue weighted by molar-refractivity contribution is -0.130. The van der Waals surface area contributed by atoms with Crippen LogP contribution in [0.15, 0.2) is 54.0 Å². The van der Waals surface area contributed by atoms with E-state index in [0.717, 1.165) is 10.2 Å². The van der Waals surface area contributed by atoms with Crippen molar-refractivity contribution in [2.24, 2.45) is 0 Å². The number of hydrogen-bond donors (Lipinski definition) is 0. The molecule has 0 bridgehead atoms. The molecule has 7 heteroatoms. The van der Waals surface area contributed by atoms with Crippen molar-refractivity contribution in [3.63, 3.8) is 0 Å². The summed E-state index contributed by atoms with van der Waals surface area (Å²) in [4.78, 5) is 45.6. The molecule has 142 valence electrons. The van der Waals surface area contributed by atoms with Gasteiger partial charge in [0.15, 0.2) is 0 Å². The van der Waals surface area contributed by atoms with Crippen LogP contribution in [0.25, 0.3) is 10.2 Å². The molecule has 1 aliphatic rings. The van der Waals surface area contributed by atoms with Crippen molar-refractivity contribution in [3.8, 4) is 0 Å². The Labute approximate surface area is 166 Å². The van der Waals surface area contributed by atoms with Gasteiger partial charge in [-0.1, -0.05) is 18.2 Å². The van der Waals surface area contributed by atoms with Crippen LogP contribution in [0.1, 0.15) is 27.6 Å². The van der Waals surface area contributed by atoms with Gasteiger partial charge in [-0.3, -0.25) is 14.4 Å². The zero-order valence-corrected chi connectivity index (χ0v) is 16.2. The lowest BCUT2D eigenvalue weighted by Gasteiger charge is -2.39. The van der Waals surface area contributed by atoms with Crippen LogP contribution in [0.4, 0.5) is 0 Å². The standard InChI is InChI=1S/C21H19N3O3S/c1-14-12-23(20(26)15-5-3-2-4-6-15)9-10-24(14)21(27)19(25)16-7-8-18-17(11-16)22-13-28-18/h2-8,11,13-14H,9-10,12H2,1H3. The van der Waals surface area contributed by atoms with E-state index in [2.05, 4.69) is 4.98 Å². The molecule has 0 saturated carbocycles. The first-order valence-corrected chi connectivity index (χ1v) is 9.95. The first kappa shape index (κ1) is 18.3. The number of hydrogen-bond acceptors (Lipinski definition) is 5. The number of Topliss-reactive ketones (excluding diaryl/α,β-unsaturated/α-hetero) is 1. The van der Waals surface area contributed by atoms with Crippen LogP contribution in [0, 0.1) is 0 Å². The predicted molar refractivity (Wildman–Crippen MR) is 107 cm³/mol. The van der Waals surface area contributed by atoms with Crippen LogP contribution in [0.2, 0.25) is 0 Å². The quantitative estimate of drug-likeness (QED) is 0.507. The normalized spacial score (nSPS) is 17.0. The molecule has 4 rings (SSSR count). The highest BCUT2D eigenvalue weighted by molar-refractivity contribution is 7.16. The molecule has 2 amide bonds. The Hall–Kier alpha value is -3.06. The summed E-state index contributed by atoms with van der Waals surface area (Å²) in [6.07, 6.45) is 0. The molecule has 2 heterocycles. The monoisotopic (exact) mass is 393 g/mol. The molecule has 1 aliphatic heterocycles. The van der Waals surface area contributed by atoms with Crippen molar-refractivity contribution >= 4 is 39.2 Å². The number of rotatable bonds is 3. The number of amides is 2. The van der Waals surface area contributed by atoms with E-state index < -0.39 is 11.7 Å². The minimum absolute atomic E-state index is 0.0557. The second-order valence-corrected chi connectivity index (χ2v) is 7.72. The molecule has 1 fully saturated rings. The van der Waals surface area contributed by atoms with Gasteiger partial charge in [0.1, 0.15) is 0 Å². The summed E-state index contributed by atoms with van der Waals surface area (Å²) in [7, 11) is 0.